The maximum absolute atomic E-state index is 14.8. The van der Waals surface area contributed by atoms with Gasteiger partial charge >= 0.3 is 6.09 Å². The number of hydrogen-bond acceptors (Lipinski definition) is 7. The van der Waals surface area contributed by atoms with Gasteiger partial charge in [-0.25, -0.2) is 27.6 Å². The fraction of sp³-hybridized carbons (Fsp3) is 0.480. The molecule has 1 amide bonds. The third-order valence-electron chi connectivity index (χ3n) is 7.52. The lowest BCUT2D eigenvalue weighted by molar-refractivity contribution is 0.0119. The highest BCUT2D eigenvalue weighted by molar-refractivity contribution is 7.90. The Morgan fingerprint density at radius 2 is 1.86 bits per heavy atom. The van der Waals surface area contributed by atoms with Crippen LogP contribution in [0, 0.1) is 5.82 Å². The second-order valence-electron chi connectivity index (χ2n) is 10.3. The molecule has 1 aromatic carbocycles. The lowest BCUT2D eigenvalue weighted by Gasteiger charge is -2.38. The van der Waals surface area contributed by atoms with Crippen molar-refractivity contribution in [3.05, 3.63) is 42.6 Å². The van der Waals surface area contributed by atoms with Gasteiger partial charge in [0.15, 0.2) is 15.5 Å². The van der Waals surface area contributed by atoms with Gasteiger partial charge in [0.05, 0.1) is 16.0 Å². The Bertz CT molecular complexity index is 1450. The van der Waals surface area contributed by atoms with Gasteiger partial charge in [0.1, 0.15) is 23.8 Å². The number of sulfone groups is 1. The van der Waals surface area contributed by atoms with E-state index >= 15 is 0 Å². The van der Waals surface area contributed by atoms with Crippen molar-refractivity contribution in [3.63, 3.8) is 0 Å². The molecule has 0 radical (unpaired) electrons. The summed E-state index contributed by atoms with van der Waals surface area (Å²) >= 11 is 0. The lowest BCUT2D eigenvalue weighted by Crippen LogP contribution is -2.50. The van der Waals surface area contributed by atoms with Gasteiger partial charge < -0.3 is 14.4 Å². The first-order valence-corrected chi connectivity index (χ1v) is 14.0. The van der Waals surface area contributed by atoms with E-state index in [1.54, 1.807) is 16.8 Å². The standard InChI is InChI=1S/C25H27FN4O5S/c1-25(8-9-25)35-24(31)30-15-3-4-16(30)12-17(11-15)34-23-19-7-10-29(22(19)27-14-28-23)21-6-5-18(13-20(21)26)36(2,32)33/h5-7,10,13-17H,3-4,8-9,11-12H2,1-2H3/t15-,16-/m0/s1. The van der Waals surface area contributed by atoms with Crippen LogP contribution in [-0.4, -0.2) is 64.0 Å². The molecule has 36 heavy (non-hydrogen) atoms. The van der Waals surface area contributed by atoms with Crippen molar-refractivity contribution in [2.45, 2.75) is 74.1 Å². The Morgan fingerprint density at radius 1 is 1.14 bits per heavy atom. The Hall–Kier alpha value is -3.21. The number of amides is 1. The molecule has 3 aromatic rings. The van der Waals surface area contributed by atoms with Gasteiger partial charge in [0.2, 0.25) is 5.88 Å². The Kier molecular flexibility index (Phi) is 5.26. The molecule has 2 atom stereocenters. The van der Waals surface area contributed by atoms with E-state index in [0.717, 1.165) is 38.0 Å². The highest BCUT2D eigenvalue weighted by Gasteiger charge is 2.49. The monoisotopic (exact) mass is 514 g/mol. The Labute approximate surface area is 208 Å². The molecular weight excluding hydrogens is 487 g/mol. The number of carbonyl (C=O) groups excluding carboxylic acids is 1. The smallest absolute Gasteiger partial charge is 0.410 e. The molecule has 3 aliphatic rings. The molecule has 190 valence electrons. The summed E-state index contributed by atoms with van der Waals surface area (Å²) in [4.78, 5) is 23.2. The van der Waals surface area contributed by atoms with Crippen LogP contribution in [0.25, 0.3) is 16.7 Å². The van der Waals surface area contributed by atoms with Crippen molar-refractivity contribution >= 4 is 27.0 Å². The summed E-state index contributed by atoms with van der Waals surface area (Å²) in [6.45, 7) is 1.97. The summed E-state index contributed by atoms with van der Waals surface area (Å²) in [7, 11) is -3.52. The van der Waals surface area contributed by atoms with E-state index in [9.17, 15) is 17.6 Å². The zero-order valence-electron chi connectivity index (χ0n) is 20.1. The van der Waals surface area contributed by atoms with Crippen molar-refractivity contribution < 1.29 is 27.1 Å². The van der Waals surface area contributed by atoms with Crippen LogP contribution in [0.1, 0.15) is 45.4 Å². The van der Waals surface area contributed by atoms with E-state index in [1.807, 2.05) is 11.8 Å². The molecule has 1 saturated carbocycles. The first-order chi connectivity index (χ1) is 17.1. The lowest BCUT2D eigenvalue weighted by atomic mass is 10.0. The van der Waals surface area contributed by atoms with Crippen LogP contribution in [0.5, 0.6) is 5.88 Å². The predicted octanol–water partition coefficient (Wildman–Crippen LogP) is 4.03. The molecule has 11 heteroatoms. The summed E-state index contributed by atoms with van der Waals surface area (Å²) in [5.41, 5.74) is 0.331. The molecular formula is C25H27FN4O5S. The van der Waals surface area contributed by atoms with E-state index in [-0.39, 0.29) is 40.5 Å². The summed E-state index contributed by atoms with van der Waals surface area (Å²) in [6.07, 6.45) is 8.80. The molecule has 2 aliphatic heterocycles. The number of piperidine rings is 1. The van der Waals surface area contributed by atoms with Gasteiger partial charge in [0.25, 0.3) is 0 Å². The van der Waals surface area contributed by atoms with Crippen LogP contribution in [0.15, 0.2) is 41.7 Å². The average Bonchev–Trinajstić information content (AvgIpc) is 3.26. The van der Waals surface area contributed by atoms with Crippen LogP contribution in [0.2, 0.25) is 0 Å². The molecule has 0 spiro atoms. The molecule has 9 nitrogen and oxygen atoms in total. The van der Waals surface area contributed by atoms with Gasteiger partial charge in [-0.2, -0.15) is 0 Å². The number of hydrogen-bond donors (Lipinski definition) is 0. The van der Waals surface area contributed by atoms with Crippen molar-refractivity contribution in [3.8, 4) is 11.6 Å². The molecule has 1 aliphatic carbocycles. The average molecular weight is 515 g/mol. The Morgan fingerprint density at radius 3 is 2.50 bits per heavy atom. The maximum atomic E-state index is 14.8. The number of aromatic nitrogens is 3. The predicted molar refractivity (Wildman–Crippen MR) is 128 cm³/mol. The second-order valence-corrected chi connectivity index (χ2v) is 12.3. The number of ether oxygens (including phenoxy) is 2. The highest BCUT2D eigenvalue weighted by Crippen LogP contribution is 2.43. The number of nitrogens with zero attached hydrogens (tertiary/aromatic N) is 4. The van der Waals surface area contributed by atoms with Gasteiger partial charge in [0, 0.05) is 37.4 Å². The van der Waals surface area contributed by atoms with Gasteiger partial charge in [-0.1, -0.05) is 0 Å². The van der Waals surface area contributed by atoms with Crippen molar-refractivity contribution in [2.75, 3.05) is 6.26 Å². The van der Waals surface area contributed by atoms with E-state index in [2.05, 4.69) is 9.97 Å². The van der Waals surface area contributed by atoms with E-state index in [0.29, 0.717) is 29.8 Å². The number of rotatable bonds is 5. The summed E-state index contributed by atoms with van der Waals surface area (Å²) < 4.78 is 52.0. The largest absolute Gasteiger partial charge is 0.474 e. The fourth-order valence-electron chi connectivity index (χ4n) is 5.35. The summed E-state index contributed by atoms with van der Waals surface area (Å²) in [5.74, 6) is -0.273. The minimum absolute atomic E-state index is 0.0768. The number of fused-ring (bicyclic) bond motifs is 3. The van der Waals surface area contributed by atoms with E-state index in [1.165, 1.54) is 18.5 Å². The zero-order chi connectivity index (χ0) is 25.2. The van der Waals surface area contributed by atoms with Crippen molar-refractivity contribution in [1.82, 2.24) is 19.4 Å². The van der Waals surface area contributed by atoms with Crippen molar-refractivity contribution in [2.24, 2.45) is 0 Å². The molecule has 3 fully saturated rings. The van der Waals surface area contributed by atoms with Crippen LogP contribution in [0.3, 0.4) is 0 Å². The third kappa shape index (κ3) is 4.08. The van der Waals surface area contributed by atoms with E-state index < -0.39 is 15.7 Å². The first kappa shape index (κ1) is 23.2. The van der Waals surface area contributed by atoms with E-state index in [4.69, 9.17) is 9.47 Å². The summed E-state index contributed by atoms with van der Waals surface area (Å²) in [5, 5.41) is 0.625. The number of carbonyl (C=O) groups is 1. The van der Waals surface area contributed by atoms with Gasteiger partial charge in [-0.15, -0.1) is 0 Å². The quantitative estimate of drug-likeness (QED) is 0.506. The normalized spacial score (nSPS) is 24.6. The topological polar surface area (TPSA) is 104 Å². The van der Waals surface area contributed by atoms with Crippen LogP contribution >= 0.6 is 0 Å². The minimum Gasteiger partial charge on any atom is -0.474 e. The fourth-order valence-corrected chi connectivity index (χ4v) is 5.98. The molecule has 0 unspecified atom stereocenters. The van der Waals surface area contributed by atoms with Crippen LogP contribution in [0.4, 0.5) is 9.18 Å². The number of halogens is 1. The second kappa shape index (κ2) is 8.16. The molecule has 0 N–H and O–H groups in total. The maximum Gasteiger partial charge on any atom is 0.410 e. The zero-order valence-corrected chi connectivity index (χ0v) is 20.9. The van der Waals surface area contributed by atoms with Gasteiger partial charge in [-0.05, 0) is 56.9 Å². The molecule has 2 aromatic heterocycles. The minimum atomic E-state index is -3.52. The SMILES string of the molecule is CC1(OC(=O)N2[C@H]3CC[C@H]2CC(Oc2ncnc4c2ccn4-c2ccc(S(C)(=O)=O)cc2F)C3)CC1. The highest BCUT2D eigenvalue weighted by atomic mass is 32.2. The Balaban J connectivity index is 1.22. The molecule has 2 bridgehead atoms. The van der Waals surface area contributed by atoms with Gasteiger partial charge in [-0.3, -0.25) is 4.57 Å². The molecule has 2 saturated heterocycles. The van der Waals surface area contributed by atoms with Crippen LogP contribution < -0.4 is 4.74 Å². The summed E-state index contributed by atoms with van der Waals surface area (Å²) in [6, 6.07) is 5.71. The third-order valence-corrected chi connectivity index (χ3v) is 8.63. The number of benzene rings is 1. The first-order valence-electron chi connectivity index (χ1n) is 12.1. The van der Waals surface area contributed by atoms with Crippen molar-refractivity contribution in [1.29, 1.82) is 0 Å². The molecule has 6 rings (SSSR count). The molecule has 4 heterocycles. The van der Waals surface area contributed by atoms with Crippen LogP contribution in [-0.2, 0) is 14.6 Å².